The van der Waals surface area contributed by atoms with Crippen molar-refractivity contribution in [2.75, 3.05) is 5.73 Å². The summed E-state index contributed by atoms with van der Waals surface area (Å²) in [5, 5.41) is 0. The van der Waals surface area contributed by atoms with Crippen molar-refractivity contribution < 1.29 is 0 Å². The summed E-state index contributed by atoms with van der Waals surface area (Å²) in [6.45, 7) is 8.52. The molecule has 0 radical (unpaired) electrons. The molecule has 0 amide bonds. The van der Waals surface area contributed by atoms with E-state index in [4.69, 9.17) is 5.73 Å². The largest absolute Gasteiger partial charge is 0.384 e. The topological polar surface area (TPSA) is 43.8 Å². The second-order valence-electron chi connectivity index (χ2n) is 4.43. The van der Waals surface area contributed by atoms with Gasteiger partial charge < -0.3 is 10.3 Å². The van der Waals surface area contributed by atoms with E-state index in [1.165, 1.54) is 0 Å². The molecule has 0 unspecified atom stereocenters. The van der Waals surface area contributed by atoms with E-state index < -0.39 is 0 Å². The zero-order chi connectivity index (χ0) is 10.2. The second kappa shape index (κ2) is 3.05. The van der Waals surface area contributed by atoms with Crippen molar-refractivity contribution in [3.63, 3.8) is 0 Å². The van der Waals surface area contributed by atoms with E-state index in [1.807, 2.05) is 11.6 Å². The maximum atomic E-state index is 5.91. The molecule has 74 valence electrons. The van der Waals surface area contributed by atoms with Crippen LogP contribution in [0.25, 0.3) is 0 Å². The van der Waals surface area contributed by atoms with Crippen molar-refractivity contribution in [2.24, 2.45) is 7.05 Å². The third kappa shape index (κ3) is 1.69. The van der Waals surface area contributed by atoms with Gasteiger partial charge in [-0.3, -0.25) is 0 Å². The zero-order valence-corrected chi connectivity index (χ0v) is 9.18. The van der Waals surface area contributed by atoms with Crippen LogP contribution in [0.15, 0.2) is 0 Å². The normalized spacial score (nSPS) is 12.1. The standard InChI is InChI=1S/C10H19N3/c1-6-7-8(11)13(5)9(12-7)10(2,3)4/h6,11H2,1-5H3. The SMILES string of the molecule is CCc1nc(C(C)(C)C)n(C)c1N. The fraction of sp³-hybridized carbons (Fsp3) is 0.700. The molecule has 1 rings (SSSR count). The summed E-state index contributed by atoms with van der Waals surface area (Å²) in [5.74, 6) is 1.86. The molecule has 3 heteroatoms. The van der Waals surface area contributed by atoms with Gasteiger partial charge in [-0.1, -0.05) is 27.7 Å². The Morgan fingerprint density at radius 2 is 1.92 bits per heavy atom. The highest BCUT2D eigenvalue weighted by atomic mass is 15.1. The average molecular weight is 181 g/mol. The summed E-state index contributed by atoms with van der Waals surface area (Å²) in [6, 6.07) is 0. The molecule has 1 heterocycles. The van der Waals surface area contributed by atoms with E-state index in [1.54, 1.807) is 0 Å². The highest BCUT2D eigenvalue weighted by Crippen LogP contribution is 2.24. The Hall–Kier alpha value is -0.990. The van der Waals surface area contributed by atoms with E-state index in [2.05, 4.69) is 32.7 Å². The highest BCUT2D eigenvalue weighted by molar-refractivity contribution is 5.39. The first kappa shape index (κ1) is 10.1. The van der Waals surface area contributed by atoms with Gasteiger partial charge in [-0.25, -0.2) is 4.98 Å². The van der Waals surface area contributed by atoms with Crippen molar-refractivity contribution in [3.8, 4) is 0 Å². The van der Waals surface area contributed by atoms with Crippen molar-refractivity contribution in [1.82, 2.24) is 9.55 Å². The van der Waals surface area contributed by atoms with Crippen LogP contribution in [0.4, 0.5) is 5.82 Å². The first-order valence-corrected chi connectivity index (χ1v) is 4.69. The van der Waals surface area contributed by atoms with Crippen molar-refractivity contribution in [2.45, 2.75) is 39.5 Å². The second-order valence-corrected chi connectivity index (χ2v) is 4.43. The van der Waals surface area contributed by atoms with E-state index in [-0.39, 0.29) is 5.41 Å². The summed E-state index contributed by atoms with van der Waals surface area (Å²) < 4.78 is 1.98. The van der Waals surface area contributed by atoms with E-state index in [0.717, 1.165) is 23.8 Å². The highest BCUT2D eigenvalue weighted by Gasteiger charge is 2.22. The monoisotopic (exact) mass is 181 g/mol. The lowest BCUT2D eigenvalue weighted by molar-refractivity contribution is 0.523. The lowest BCUT2D eigenvalue weighted by atomic mass is 9.96. The molecule has 1 aromatic rings. The molecule has 0 aromatic carbocycles. The van der Waals surface area contributed by atoms with Crippen molar-refractivity contribution in [1.29, 1.82) is 0 Å². The molecule has 3 nitrogen and oxygen atoms in total. The Kier molecular flexibility index (Phi) is 2.37. The number of nitrogens with zero attached hydrogens (tertiary/aromatic N) is 2. The van der Waals surface area contributed by atoms with Gasteiger partial charge in [-0.15, -0.1) is 0 Å². The molecule has 0 aliphatic rings. The van der Waals surface area contributed by atoms with Gasteiger partial charge in [0, 0.05) is 12.5 Å². The summed E-state index contributed by atoms with van der Waals surface area (Å²) in [5.41, 5.74) is 6.98. The summed E-state index contributed by atoms with van der Waals surface area (Å²) in [7, 11) is 1.97. The molecule has 0 fully saturated rings. The molecule has 0 aliphatic heterocycles. The van der Waals surface area contributed by atoms with Gasteiger partial charge in [-0.05, 0) is 6.42 Å². The Morgan fingerprint density at radius 3 is 2.15 bits per heavy atom. The van der Waals surface area contributed by atoms with Gasteiger partial charge in [0.1, 0.15) is 11.6 Å². The Morgan fingerprint density at radius 1 is 1.38 bits per heavy atom. The molecular weight excluding hydrogens is 162 g/mol. The fourth-order valence-electron chi connectivity index (χ4n) is 1.50. The fourth-order valence-corrected chi connectivity index (χ4v) is 1.50. The van der Waals surface area contributed by atoms with E-state index in [0.29, 0.717) is 0 Å². The number of aryl methyl sites for hydroxylation is 1. The molecule has 0 atom stereocenters. The number of nitrogen functional groups attached to an aromatic ring is 1. The molecule has 0 bridgehead atoms. The van der Waals surface area contributed by atoms with E-state index >= 15 is 0 Å². The minimum Gasteiger partial charge on any atom is -0.384 e. The minimum atomic E-state index is 0.0658. The van der Waals surface area contributed by atoms with Gasteiger partial charge in [-0.2, -0.15) is 0 Å². The van der Waals surface area contributed by atoms with Crippen LogP contribution < -0.4 is 5.73 Å². The summed E-state index contributed by atoms with van der Waals surface area (Å²) in [6.07, 6.45) is 0.899. The number of rotatable bonds is 1. The number of anilines is 1. The number of hydrogen-bond donors (Lipinski definition) is 1. The first-order chi connectivity index (χ1) is 5.88. The lowest BCUT2D eigenvalue weighted by Gasteiger charge is -2.17. The Labute approximate surface area is 80.0 Å². The summed E-state index contributed by atoms with van der Waals surface area (Å²) in [4.78, 5) is 4.54. The van der Waals surface area contributed by atoms with Gasteiger partial charge in [0.25, 0.3) is 0 Å². The predicted octanol–water partition coefficient (Wildman–Crippen LogP) is 1.86. The maximum Gasteiger partial charge on any atom is 0.126 e. The molecule has 0 saturated heterocycles. The summed E-state index contributed by atoms with van der Waals surface area (Å²) >= 11 is 0. The van der Waals surface area contributed by atoms with Crippen LogP contribution >= 0.6 is 0 Å². The Balaban J connectivity index is 3.25. The molecule has 0 saturated carbocycles. The smallest absolute Gasteiger partial charge is 0.126 e. The third-order valence-electron chi connectivity index (χ3n) is 2.22. The molecule has 0 aliphatic carbocycles. The first-order valence-electron chi connectivity index (χ1n) is 4.69. The molecule has 1 aromatic heterocycles. The van der Waals surface area contributed by atoms with Crippen molar-refractivity contribution >= 4 is 5.82 Å². The quantitative estimate of drug-likeness (QED) is 0.718. The predicted molar refractivity (Wildman–Crippen MR) is 55.7 cm³/mol. The average Bonchev–Trinajstić information content (AvgIpc) is 2.28. The van der Waals surface area contributed by atoms with Crippen LogP contribution in [0.5, 0.6) is 0 Å². The zero-order valence-electron chi connectivity index (χ0n) is 9.18. The van der Waals surface area contributed by atoms with Gasteiger partial charge >= 0.3 is 0 Å². The third-order valence-corrected chi connectivity index (χ3v) is 2.22. The van der Waals surface area contributed by atoms with Crippen LogP contribution in [0, 0.1) is 0 Å². The lowest BCUT2D eigenvalue weighted by Crippen LogP contribution is -2.17. The van der Waals surface area contributed by atoms with Crippen LogP contribution in [0.3, 0.4) is 0 Å². The van der Waals surface area contributed by atoms with Gasteiger partial charge in [0.2, 0.25) is 0 Å². The van der Waals surface area contributed by atoms with Crippen LogP contribution in [-0.2, 0) is 18.9 Å². The van der Waals surface area contributed by atoms with Crippen LogP contribution in [-0.4, -0.2) is 9.55 Å². The number of aromatic nitrogens is 2. The van der Waals surface area contributed by atoms with Crippen LogP contribution in [0.1, 0.15) is 39.2 Å². The van der Waals surface area contributed by atoms with E-state index in [9.17, 15) is 0 Å². The molecule has 0 spiro atoms. The van der Waals surface area contributed by atoms with Gasteiger partial charge in [0.05, 0.1) is 5.69 Å². The molecule has 2 N–H and O–H groups in total. The number of nitrogens with two attached hydrogens (primary N) is 1. The Bertz CT molecular complexity index is 305. The van der Waals surface area contributed by atoms with Crippen LogP contribution in [0.2, 0.25) is 0 Å². The number of imidazole rings is 1. The minimum absolute atomic E-state index is 0.0658. The van der Waals surface area contributed by atoms with Gasteiger partial charge in [0.15, 0.2) is 0 Å². The molecular formula is C10H19N3. The van der Waals surface area contributed by atoms with Crippen molar-refractivity contribution in [3.05, 3.63) is 11.5 Å². The maximum absolute atomic E-state index is 5.91. The number of hydrogen-bond acceptors (Lipinski definition) is 2. The molecule has 13 heavy (non-hydrogen) atoms.